The van der Waals surface area contributed by atoms with Crippen molar-refractivity contribution >= 4 is 0 Å². The predicted octanol–water partition coefficient (Wildman–Crippen LogP) is 5.22. The highest BCUT2D eigenvalue weighted by Crippen LogP contribution is 2.31. The normalized spacial score (nSPS) is 13.5. The second kappa shape index (κ2) is 8.96. The molecule has 0 saturated carbocycles. The third-order valence-corrected chi connectivity index (χ3v) is 5.44. The molecule has 1 aromatic heterocycles. The maximum absolute atomic E-state index is 12.6. The van der Waals surface area contributed by atoms with Gasteiger partial charge in [0.2, 0.25) is 0 Å². The van der Waals surface area contributed by atoms with Gasteiger partial charge in [-0.25, -0.2) is 4.57 Å². The van der Waals surface area contributed by atoms with Crippen LogP contribution in [0.3, 0.4) is 0 Å². The largest absolute Gasteiger partial charge is 0.459 e. The van der Waals surface area contributed by atoms with E-state index < -0.39 is 11.7 Å². The molecular formula is C24H24F3N2O2+. The first kappa shape index (κ1) is 21.2. The summed E-state index contributed by atoms with van der Waals surface area (Å²) >= 11 is 0. The maximum Gasteiger partial charge on any atom is 0.416 e. The lowest BCUT2D eigenvalue weighted by atomic mass is 9.96. The number of nitrogens with zero attached hydrogens (tertiary/aromatic N) is 2. The molecule has 1 aliphatic rings. The zero-order valence-electron chi connectivity index (χ0n) is 17.3. The lowest BCUT2D eigenvalue weighted by Crippen LogP contribution is -2.37. The zero-order valence-corrected chi connectivity index (χ0v) is 17.3. The molecule has 0 saturated heterocycles. The molecule has 4 rings (SSSR count). The van der Waals surface area contributed by atoms with Gasteiger partial charge in [-0.3, -0.25) is 0 Å². The summed E-state index contributed by atoms with van der Waals surface area (Å²) in [6.07, 6.45) is 2.60. The van der Waals surface area contributed by atoms with Gasteiger partial charge < -0.3 is 9.47 Å². The standard InChI is InChI=1S/C24H24F3N2O2/c1-29-16-28-23(21-4-2-3-5-22(21)29)30-15-14-17-6-10-19(11-7-17)31-20-12-8-18(9-13-20)24(25,26)27/h6-13,16H,2-5,14-15H2,1H3/q+1. The summed E-state index contributed by atoms with van der Waals surface area (Å²) in [5.74, 6) is 1.66. The van der Waals surface area contributed by atoms with E-state index >= 15 is 0 Å². The van der Waals surface area contributed by atoms with Gasteiger partial charge in [0.1, 0.15) is 17.2 Å². The Morgan fingerprint density at radius 3 is 2.26 bits per heavy atom. The summed E-state index contributed by atoms with van der Waals surface area (Å²) < 4.78 is 51.6. The number of alkyl halides is 3. The number of aromatic nitrogens is 2. The number of fused-ring (bicyclic) bond motifs is 1. The topological polar surface area (TPSA) is 35.2 Å². The molecular weight excluding hydrogens is 405 g/mol. The molecule has 0 amide bonds. The van der Waals surface area contributed by atoms with E-state index in [9.17, 15) is 13.2 Å². The number of aryl methyl sites for hydroxylation is 1. The van der Waals surface area contributed by atoms with Crippen LogP contribution in [0.15, 0.2) is 54.9 Å². The van der Waals surface area contributed by atoms with Gasteiger partial charge in [-0.15, -0.1) is 0 Å². The van der Waals surface area contributed by atoms with E-state index in [2.05, 4.69) is 9.55 Å². The fourth-order valence-corrected chi connectivity index (χ4v) is 3.76. The smallest absolute Gasteiger partial charge is 0.416 e. The van der Waals surface area contributed by atoms with Crippen LogP contribution in [0.4, 0.5) is 13.2 Å². The van der Waals surface area contributed by atoms with Crippen molar-refractivity contribution in [2.24, 2.45) is 7.05 Å². The molecule has 1 aliphatic carbocycles. The van der Waals surface area contributed by atoms with Gasteiger partial charge in [-0.2, -0.15) is 13.2 Å². The van der Waals surface area contributed by atoms with Gasteiger partial charge in [-0.1, -0.05) is 12.1 Å². The molecule has 1 heterocycles. The quantitative estimate of drug-likeness (QED) is 0.504. The van der Waals surface area contributed by atoms with Crippen molar-refractivity contribution in [1.29, 1.82) is 0 Å². The first-order valence-corrected chi connectivity index (χ1v) is 10.3. The van der Waals surface area contributed by atoms with Crippen LogP contribution >= 0.6 is 0 Å². The van der Waals surface area contributed by atoms with Crippen LogP contribution in [0.2, 0.25) is 0 Å². The lowest BCUT2D eigenvalue weighted by molar-refractivity contribution is -0.683. The van der Waals surface area contributed by atoms with Crippen molar-refractivity contribution in [3.8, 4) is 17.4 Å². The van der Waals surface area contributed by atoms with Crippen molar-refractivity contribution in [1.82, 2.24) is 4.98 Å². The number of hydrogen-bond donors (Lipinski definition) is 0. The Morgan fingerprint density at radius 1 is 0.935 bits per heavy atom. The van der Waals surface area contributed by atoms with Crippen LogP contribution in [0, 0.1) is 0 Å². The number of benzene rings is 2. The molecule has 0 bridgehead atoms. The maximum atomic E-state index is 12.6. The Balaban J connectivity index is 1.32. The van der Waals surface area contributed by atoms with E-state index in [1.165, 1.54) is 29.8 Å². The highest BCUT2D eigenvalue weighted by atomic mass is 19.4. The number of rotatable bonds is 6. The van der Waals surface area contributed by atoms with Crippen LogP contribution in [0.1, 0.15) is 35.2 Å². The summed E-state index contributed by atoms with van der Waals surface area (Å²) in [4.78, 5) is 4.46. The molecule has 0 N–H and O–H groups in total. The van der Waals surface area contributed by atoms with Gasteiger partial charge in [0.05, 0.1) is 24.8 Å². The second-order valence-corrected chi connectivity index (χ2v) is 7.66. The third kappa shape index (κ3) is 5.16. The van der Waals surface area contributed by atoms with Crippen LogP contribution in [-0.2, 0) is 32.5 Å². The Hall–Kier alpha value is -3.09. The van der Waals surface area contributed by atoms with Gasteiger partial charge in [-0.05, 0) is 66.2 Å². The van der Waals surface area contributed by atoms with Crippen molar-refractivity contribution in [3.05, 3.63) is 77.2 Å². The fourth-order valence-electron chi connectivity index (χ4n) is 3.76. The lowest BCUT2D eigenvalue weighted by Gasteiger charge is -2.15. The Bertz CT molecular complexity index is 1030. The molecule has 162 valence electrons. The highest BCUT2D eigenvalue weighted by Gasteiger charge is 2.30. The van der Waals surface area contributed by atoms with Crippen molar-refractivity contribution in [2.45, 2.75) is 38.3 Å². The molecule has 3 aromatic rings. The molecule has 7 heteroatoms. The van der Waals surface area contributed by atoms with E-state index in [1.54, 1.807) is 12.1 Å². The summed E-state index contributed by atoms with van der Waals surface area (Å²) in [6, 6.07) is 12.1. The van der Waals surface area contributed by atoms with Crippen LogP contribution < -0.4 is 14.0 Å². The van der Waals surface area contributed by atoms with E-state index in [1.807, 2.05) is 25.5 Å². The number of halogens is 3. The van der Waals surface area contributed by atoms with Gasteiger partial charge in [0, 0.05) is 12.8 Å². The summed E-state index contributed by atoms with van der Waals surface area (Å²) in [5, 5.41) is 0. The van der Waals surface area contributed by atoms with Crippen molar-refractivity contribution < 1.29 is 27.2 Å². The minimum absolute atomic E-state index is 0.358. The summed E-state index contributed by atoms with van der Waals surface area (Å²) in [6.45, 7) is 0.520. The average molecular weight is 429 g/mol. The van der Waals surface area contributed by atoms with Gasteiger partial charge >= 0.3 is 12.1 Å². The van der Waals surface area contributed by atoms with E-state index in [0.717, 1.165) is 49.3 Å². The first-order chi connectivity index (χ1) is 14.9. The number of hydrogen-bond acceptors (Lipinski definition) is 3. The molecule has 0 fully saturated rings. The van der Waals surface area contributed by atoms with Gasteiger partial charge in [0.15, 0.2) is 0 Å². The van der Waals surface area contributed by atoms with Gasteiger partial charge in [0.25, 0.3) is 6.33 Å². The fraction of sp³-hybridized carbons (Fsp3) is 0.333. The molecule has 0 unspecified atom stereocenters. The average Bonchev–Trinajstić information content (AvgIpc) is 2.76. The van der Waals surface area contributed by atoms with Crippen molar-refractivity contribution in [2.75, 3.05) is 6.61 Å². The molecule has 0 atom stereocenters. The molecule has 4 nitrogen and oxygen atoms in total. The van der Waals surface area contributed by atoms with Crippen LogP contribution in [0.25, 0.3) is 0 Å². The minimum atomic E-state index is -4.35. The zero-order chi connectivity index (χ0) is 21.8. The highest BCUT2D eigenvalue weighted by molar-refractivity contribution is 5.35. The Labute approximate surface area is 179 Å². The minimum Gasteiger partial charge on any atom is -0.459 e. The summed E-state index contributed by atoms with van der Waals surface area (Å²) in [7, 11) is 2.02. The monoisotopic (exact) mass is 429 g/mol. The molecule has 2 aromatic carbocycles. The number of ether oxygens (including phenoxy) is 2. The van der Waals surface area contributed by atoms with E-state index in [0.29, 0.717) is 18.1 Å². The molecule has 0 spiro atoms. The van der Waals surface area contributed by atoms with Crippen molar-refractivity contribution in [3.63, 3.8) is 0 Å². The van der Waals surface area contributed by atoms with Crippen LogP contribution in [0.5, 0.6) is 17.4 Å². The predicted molar refractivity (Wildman–Crippen MR) is 109 cm³/mol. The second-order valence-electron chi connectivity index (χ2n) is 7.66. The molecule has 31 heavy (non-hydrogen) atoms. The summed E-state index contributed by atoms with van der Waals surface area (Å²) in [5.41, 5.74) is 2.91. The SMILES string of the molecule is C[n+]1cnc(OCCc2ccc(Oc3ccc(C(F)(F)F)cc3)cc2)c2c1CCCC2. The molecule has 0 aliphatic heterocycles. The Kier molecular flexibility index (Phi) is 6.11. The first-order valence-electron chi connectivity index (χ1n) is 10.3. The third-order valence-electron chi connectivity index (χ3n) is 5.44. The molecule has 0 radical (unpaired) electrons. The van der Waals surface area contributed by atoms with E-state index in [4.69, 9.17) is 9.47 Å². The van der Waals surface area contributed by atoms with E-state index in [-0.39, 0.29) is 0 Å². The Morgan fingerprint density at radius 2 is 1.58 bits per heavy atom. The van der Waals surface area contributed by atoms with Crippen LogP contribution in [-0.4, -0.2) is 11.6 Å².